The number of pyridine rings is 1. The lowest BCUT2D eigenvalue weighted by atomic mass is 9.94. The van der Waals surface area contributed by atoms with Crippen LogP contribution in [0.1, 0.15) is 26.5 Å². The van der Waals surface area contributed by atoms with Gasteiger partial charge in [-0.05, 0) is 22.0 Å². The molecule has 0 saturated carbocycles. The molecule has 0 aliphatic rings. The average Bonchev–Trinajstić information content (AvgIpc) is 2.89. The van der Waals surface area contributed by atoms with E-state index in [1.807, 2.05) is 0 Å². The third-order valence-corrected chi connectivity index (χ3v) is 3.59. The molecule has 2 aromatic rings. The first-order valence-electron chi connectivity index (χ1n) is 6.82. The first-order valence-corrected chi connectivity index (χ1v) is 7.61. The molecular weight excluding hydrogens is 368 g/mol. The number of aromatic nitrogens is 1. The smallest absolute Gasteiger partial charge is 0.481 e. The van der Waals surface area contributed by atoms with Gasteiger partial charge in [0.1, 0.15) is 6.26 Å². The van der Waals surface area contributed by atoms with E-state index in [2.05, 4.69) is 25.3 Å². The lowest BCUT2D eigenvalue weighted by Crippen LogP contribution is -2.39. The van der Waals surface area contributed by atoms with Crippen molar-refractivity contribution in [3.63, 3.8) is 0 Å². The molecule has 0 bridgehead atoms. The molecule has 8 heteroatoms. The highest BCUT2D eigenvalue weighted by molar-refractivity contribution is 9.10. The summed E-state index contributed by atoms with van der Waals surface area (Å²) in [5.41, 5.74) is -0.659. The summed E-state index contributed by atoms with van der Waals surface area (Å²) in [6, 6.07) is 3.40. The van der Waals surface area contributed by atoms with Crippen molar-refractivity contribution in [2.24, 2.45) is 5.41 Å². The lowest BCUT2D eigenvalue weighted by molar-refractivity contribution is -0.126. The van der Waals surface area contributed by atoms with E-state index in [-0.39, 0.29) is 18.2 Å². The molecule has 2 heterocycles. The molecule has 2 aromatic heterocycles. The van der Waals surface area contributed by atoms with Gasteiger partial charge in [0.25, 0.3) is 0 Å². The number of halogens is 1. The fourth-order valence-corrected chi connectivity index (χ4v) is 2.29. The number of ether oxygens (including phenoxy) is 1. The van der Waals surface area contributed by atoms with Crippen molar-refractivity contribution in [2.45, 2.75) is 27.3 Å². The molecule has 23 heavy (non-hydrogen) atoms. The normalized spacial score (nSPS) is 11.3. The fourth-order valence-electron chi connectivity index (χ4n) is 1.86. The second kappa shape index (κ2) is 6.57. The number of rotatable bonds is 4. The summed E-state index contributed by atoms with van der Waals surface area (Å²) >= 11 is 3.39. The Bertz CT molecular complexity index is 760. The second-order valence-corrected chi connectivity index (χ2v) is 6.71. The minimum atomic E-state index is -0.819. The van der Waals surface area contributed by atoms with E-state index in [4.69, 9.17) is 9.15 Å². The first-order chi connectivity index (χ1) is 10.7. The van der Waals surface area contributed by atoms with Crippen molar-refractivity contribution in [1.82, 2.24) is 4.98 Å². The molecule has 0 fully saturated rings. The molecule has 0 aromatic carbocycles. The Morgan fingerprint density at radius 2 is 2.09 bits per heavy atom. The molecule has 0 N–H and O–H groups in total. The fraction of sp³-hybridized carbons (Fsp3) is 0.400. The summed E-state index contributed by atoms with van der Waals surface area (Å²) < 4.78 is 15.3. The van der Waals surface area contributed by atoms with Crippen LogP contribution in [0.5, 0.6) is 5.88 Å². The van der Waals surface area contributed by atoms with E-state index in [0.717, 1.165) is 0 Å². The summed E-state index contributed by atoms with van der Waals surface area (Å²) in [5, 5.41) is 0. The molecular formula is C15H17BrN2O5. The molecule has 0 saturated heterocycles. The third kappa shape index (κ3) is 4.01. The Hall–Kier alpha value is -2.09. The monoisotopic (exact) mass is 384 g/mol. The topological polar surface area (TPSA) is 85.8 Å². The number of anilines is 1. The van der Waals surface area contributed by atoms with Crippen LogP contribution in [0.15, 0.2) is 36.5 Å². The van der Waals surface area contributed by atoms with Gasteiger partial charge in [0.2, 0.25) is 11.8 Å². The van der Waals surface area contributed by atoms with Gasteiger partial charge < -0.3 is 13.6 Å². The summed E-state index contributed by atoms with van der Waals surface area (Å²) in [7, 11) is 1.49. The van der Waals surface area contributed by atoms with Gasteiger partial charge in [0.05, 0.1) is 18.1 Å². The van der Waals surface area contributed by atoms with Crippen LogP contribution in [-0.4, -0.2) is 18.0 Å². The molecule has 0 radical (unpaired) electrons. The molecule has 0 unspecified atom stereocenters. The Kier molecular flexibility index (Phi) is 4.93. The van der Waals surface area contributed by atoms with Crippen LogP contribution in [0.4, 0.5) is 5.82 Å². The highest BCUT2D eigenvalue weighted by Gasteiger charge is 2.31. The highest BCUT2D eigenvalue weighted by atomic mass is 79.9. The van der Waals surface area contributed by atoms with E-state index in [9.17, 15) is 9.59 Å². The van der Waals surface area contributed by atoms with Gasteiger partial charge in [-0.2, -0.15) is 4.98 Å². The van der Waals surface area contributed by atoms with E-state index in [1.165, 1.54) is 18.3 Å². The number of hydrogen-bond donors (Lipinski definition) is 0. The SMILES string of the molecule is COc1ccc(Br)c(N(Cc2coc(=O)o2)C(=O)C(C)(C)C)n1. The summed E-state index contributed by atoms with van der Waals surface area (Å²) in [4.78, 5) is 29.6. The number of amides is 1. The van der Waals surface area contributed by atoms with Crippen LogP contribution in [0.2, 0.25) is 0 Å². The summed E-state index contributed by atoms with van der Waals surface area (Å²) in [5.74, 6) is -0.0515. The van der Waals surface area contributed by atoms with Crippen LogP contribution >= 0.6 is 15.9 Å². The first kappa shape index (κ1) is 17.3. The molecule has 7 nitrogen and oxygen atoms in total. The maximum Gasteiger partial charge on any atom is 0.518 e. The van der Waals surface area contributed by atoms with Gasteiger partial charge >= 0.3 is 5.82 Å². The number of carbonyl (C=O) groups is 1. The molecule has 0 aliphatic heterocycles. The van der Waals surface area contributed by atoms with Crippen molar-refractivity contribution < 1.29 is 18.4 Å². The second-order valence-electron chi connectivity index (χ2n) is 5.85. The molecule has 124 valence electrons. The quantitative estimate of drug-likeness (QED) is 0.805. The van der Waals surface area contributed by atoms with Crippen LogP contribution in [0.25, 0.3) is 0 Å². The summed E-state index contributed by atoms with van der Waals surface area (Å²) in [6.07, 6.45) is 1.18. The maximum absolute atomic E-state index is 12.8. The maximum atomic E-state index is 12.8. The molecule has 0 atom stereocenters. The van der Waals surface area contributed by atoms with Gasteiger partial charge in [0.15, 0.2) is 11.6 Å². The van der Waals surface area contributed by atoms with Crippen molar-refractivity contribution in [3.05, 3.63) is 39.2 Å². The Balaban J connectivity index is 2.48. The molecule has 0 aliphatic carbocycles. The van der Waals surface area contributed by atoms with Gasteiger partial charge in [-0.3, -0.25) is 9.69 Å². The number of carbonyl (C=O) groups excluding carboxylic acids is 1. The zero-order valence-corrected chi connectivity index (χ0v) is 14.8. The number of methoxy groups -OCH3 is 1. The van der Waals surface area contributed by atoms with Gasteiger partial charge in [-0.25, -0.2) is 4.79 Å². The lowest BCUT2D eigenvalue weighted by Gasteiger charge is -2.28. The van der Waals surface area contributed by atoms with Crippen molar-refractivity contribution in [3.8, 4) is 5.88 Å². The minimum absolute atomic E-state index is 0.0145. The van der Waals surface area contributed by atoms with E-state index >= 15 is 0 Å². The zero-order valence-electron chi connectivity index (χ0n) is 13.3. The largest absolute Gasteiger partial charge is 0.518 e. The van der Waals surface area contributed by atoms with E-state index in [0.29, 0.717) is 16.2 Å². The van der Waals surface area contributed by atoms with Crippen LogP contribution in [0.3, 0.4) is 0 Å². The van der Waals surface area contributed by atoms with Crippen LogP contribution in [-0.2, 0) is 11.3 Å². The minimum Gasteiger partial charge on any atom is -0.481 e. The summed E-state index contributed by atoms with van der Waals surface area (Å²) in [6.45, 7) is 5.40. The van der Waals surface area contributed by atoms with Crippen molar-refractivity contribution in [2.75, 3.05) is 12.0 Å². The van der Waals surface area contributed by atoms with Crippen LogP contribution < -0.4 is 15.5 Å². The number of hydrogen-bond acceptors (Lipinski definition) is 6. The van der Waals surface area contributed by atoms with Gasteiger partial charge in [-0.1, -0.05) is 20.8 Å². The Morgan fingerprint density at radius 1 is 1.39 bits per heavy atom. The Morgan fingerprint density at radius 3 is 2.61 bits per heavy atom. The molecule has 0 spiro atoms. The van der Waals surface area contributed by atoms with Crippen molar-refractivity contribution in [1.29, 1.82) is 0 Å². The van der Waals surface area contributed by atoms with E-state index < -0.39 is 11.2 Å². The standard InChI is InChI=1S/C15H17BrN2O5/c1-15(2,3)13(19)18(7-9-8-22-14(20)23-9)12-10(16)5-6-11(17-12)21-4/h5-6,8H,7H2,1-4H3. The number of nitrogens with zero attached hydrogens (tertiary/aromatic N) is 2. The third-order valence-electron chi connectivity index (χ3n) is 2.97. The van der Waals surface area contributed by atoms with E-state index in [1.54, 1.807) is 32.9 Å². The van der Waals surface area contributed by atoms with Gasteiger partial charge in [0, 0.05) is 11.5 Å². The van der Waals surface area contributed by atoms with Crippen LogP contribution in [0, 0.1) is 5.41 Å². The molecule has 1 amide bonds. The Labute approximate surface area is 141 Å². The predicted octanol–water partition coefficient (Wildman–Crippen LogP) is 2.98. The average molecular weight is 385 g/mol. The predicted molar refractivity (Wildman–Crippen MR) is 86.4 cm³/mol. The molecule has 2 rings (SSSR count). The highest BCUT2D eigenvalue weighted by Crippen LogP contribution is 2.31. The zero-order chi connectivity index (χ0) is 17.2. The van der Waals surface area contributed by atoms with Crippen molar-refractivity contribution >= 4 is 27.7 Å². The van der Waals surface area contributed by atoms with Gasteiger partial charge in [-0.15, -0.1) is 0 Å².